The van der Waals surface area contributed by atoms with Crippen molar-refractivity contribution in [3.05, 3.63) is 29.8 Å². The van der Waals surface area contributed by atoms with E-state index in [4.69, 9.17) is 4.74 Å². The number of hydrogen-bond donors (Lipinski definition) is 2. The summed E-state index contributed by atoms with van der Waals surface area (Å²) in [5, 5.41) is 14.0. The third kappa shape index (κ3) is 1.91. The highest BCUT2D eigenvalue weighted by Gasteiger charge is 2.43. The van der Waals surface area contributed by atoms with E-state index in [0.29, 0.717) is 5.56 Å². The molecule has 1 aromatic carbocycles. The number of rotatable bonds is 1. The molecule has 6 heteroatoms. The molecule has 2 aromatic rings. The predicted octanol–water partition coefficient (Wildman–Crippen LogP) is 0.752. The van der Waals surface area contributed by atoms with Crippen LogP contribution in [0.15, 0.2) is 24.3 Å². The molecule has 0 aliphatic carbocycles. The minimum atomic E-state index is -1.00. The predicted molar refractivity (Wildman–Crippen MR) is 80.5 cm³/mol. The molecular weight excluding hydrogens is 282 g/mol. The topological polar surface area (TPSA) is 75.9 Å². The maximum atomic E-state index is 12.2. The van der Waals surface area contributed by atoms with Gasteiger partial charge in [-0.25, -0.2) is 9.88 Å². The van der Waals surface area contributed by atoms with Crippen LogP contribution >= 0.6 is 0 Å². The normalized spacial score (nSPS) is 23.7. The third-order valence-corrected chi connectivity index (χ3v) is 4.51. The van der Waals surface area contributed by atoms with Crippen LogP contribution in [0.1, 0.15) is 24.6 Å². The van der Waals surface area contributed by atoms with Crippen LogP contribution in [-0.4, -0.2) is 30.7 Å². The van der Waals surface area contributed by atoms with Gasteiger partial charge in [0.25, 0.3) is 11.7 Å². The minimum Gasteiger partial charge on any atom is -0.497 e. The molecular formula is C16H18N3O3+. The summed E-state index contributed by atoms with van der Waals surface area (Å²) in [6, 6.07) is 7.46. The van der Waals surface area contributed by atoms with Crippen molar-refractivity contribution in [1.29, 1.82) is 0 Å². The van der Waals surface area contributed by atoms with Gasteiger partial charge in [-0.05, 0) is 30.7 Å². The molecule has 1 saturated heterocycles. The molecule has 2 aliphatic rings. The molecule has 1 aromatic heterocycles. The summed E-state index contributed by atoms with van der Waals surface area (Å²) in [7, 11) is 1.62. The van der Waals surface area contributed by atoms with E-state index in [1.165, 1.54) is 0 Å². The zero-order valence-electron chi connectivity index (χ0n) is 12.3. The highest BCUT2D eigenvalue weighted by molar-refractivity contribution is 5.88. The van der Waals surface area contributed by atoms with Gasteiger partial charge in [0.05, 0.1) is 19.2 Å². The van der Waals surface area contributed by atoms with Crippen LogP contribution in [-0.2, 0) is 4.79 Å². The van der Waals surface area contributed by atoms with Crippen molar-refractivity contribution in [2.24, 2.45) is 0 Å². The van der Waals surface area contributed by atoms with E-state index in [9.17, 15) is 9.90 Å². The molecule has 4 rings (SSSR count). The van der Waals surface area contributed by atoms with Crippen molar-refractivity contribution in [2.75, 3.05) is 18.6 Å². The Hall–Kier alpha value is -2.34. The Kier molecular flexibility index (Phi) is 2.94. The fraction of sp³-hybridized carbons (Fsp3) is 0.375. The lowest BCUT2D eigenvalue weighted by molar-refractivity contribution is -0.331. The first-order valence-electron chi connectivity index (χ1n) is 7.46. The lowest BCUT2D eigenvalue weighted by atomic mass is 10.1. The van der Waals surface area contributed by atoms with E-state index in [0.717, 1.165) is 41.9 Å². The monoisotopic (exact) mass is 300 g/mol. The minimum absolute atomic E-state index is 0.115. The first-order chi connectivity index (χ1) is 10.7. The van der Waals surface area contributed by atoms with Gasteiger partial charge in [0, 0.05) is 11.8 Å². The molecule has 0 bridgehead atoms. The molecule has 0 spiro atoms. The highest BCUT2D eigenvalue weighted by atomic mass is 16.5. The van der Waals surface area contributed by atoms with Crippen molar-refractivity contribution in [2.45, 2.75) is 25.1 Å². The van der Waals surface area contributed by atoms with Crippen LogP contribution in [0, 0.1) is 0 Å². The molecule has 2 atom stereocenters. The number of carbonyl (C=O) groups excluding carboxylic acids is 1. The van der Waals surface area contributed by atoms with Gasteiger partial charge in [0.2, 0.25) is 0 Å². The van der Waals surface area contributed by atoms with E-state index >= 15 is 0 Å². The second-order valence-electron chi connectivity index (χ2n) is 5.79. The number of methoxy groups -OCH3 is 1. The number of benzene rings is 1. The zero-order valence-corrected chi connectivity index (χ0v) is 12.3. The first kappa shape index (κ1) is 13.3. The summed E-state index contributed by atoms with van der Waals surface area (Å²) < 4.78 is 5.25. The van der Waals surface area contributed by atoms with Crippen LogP contribution in [0.5, 0.6) is 5.75 Å². The number of ether oxygens (including phenoxy) is 1. The molecule has 22 heavy (non-hydrogen) atoms. The molecule has 0 radical (unpaired) electrons. The summed E-state index contributed by atoms with van der Waals surface area (Å²) in [6.07, 6.45) is 0.786. The number of aliphatic hydroxyl groups excluding tert-OH is 1. The Morgan fingerprint density at radius 2 is 2.27 bits per heavy atom. The lowest BCUT2D eigenvalue weighted by Crippen LogP contribution is -2.42. The Bertz CT molecular complexity index is 762. The van der Waals surface area contributed by atoms with Crippen LogP contribution < -0.4 is 19.9 Å². The number of pyridine rings is 1. The van der Waals surface area contributed by atoms with Crippen molar-refractivity contribution >= 4 is 22.6 Å². The van der Waals surface area contributed by atoms with Gasteiger partial charge >= 0.3 is 0 Å². The molecule has 1 amide bonds. The number of nitrogens with one attached hydrogen (secondary N) is 2. The average molecular weight is 300 g/mol. The van der Waals surface area contributed by atoms with Gasteiger partial charge in [-0.15, -0.1) is 0 Å². The fourth-order valence-electron chi connectivity index (χ4n) is 3.40. The summed E-state index contributed by atoms with van der Waals surface area (Å²) >= 11 is 0. The van der Waals surface area contributed by atoms with Gasteiger partial charge in [-0.1, -0.05) is 0 Å². The quantitative estimate of drug-likeness (QED) is 0.815. The van der Waals surface area contributed by atoms with Crippen molar-refractivity contribution < 1.29 is 19.6 Å². The number of hydrogen-bond acceptors (Lipinski definition) is 4. The van der Waals surface area contributed by atoms with Gasteiger partial charge in [-0.3, -0.25) is 4.79 Å². The molecule has 6 nitrogen and oxygen atoms in total. The number of nitrogens with zero attached hydrogens (tertiary/aromatic N) is 1. The molecule has 0 saturated carbocycles. The molecule has 114 valence electrons. The van der Waals surface area contributed by atoms with Crippen molar-refractivity contribution in [3.8, 4) is 5.75 Å². The van der Waals surface area contributed by atoms with E-state index in [1.807, 2.05) is 24.3 Å². The largest absolute Gasteiger partial charge is 0.497 e. The standard InChI is InChI=1S/C16H17N3O3/c1-22-10-4-5-12-9(7-10)8-11-14(17-12)19-6-2-3-13(19)16(21)18-15(11)20/h4-5,7-8,13,15,20H,2-3,6H2,1H3,(H,18,21)/p+1/t13-,15+/m0/s1. The number of amides is 1. The molecule has 3 N–H and O–H groups in total. The van der Waals surface area contributed by atoms with Gasteiger partial charge in [0.15, 0.2) is 12.3 Å². The number of anilines is 1. The number of aromatic nitrogens is 1. The van der Waals surface area contributed by atoms with Crippen LogP contribution in [0.2, 0.25) is 0 Å². The Morgan fingerprint density at radius 1 is 1.41 bits per heavy atom. The maximum absolute atomic E-state index is 12.2. The zero-order chi connectivity index (χ0) is 15.3. The fourth-order valence-corrected chi connectivity index (χ4v) is 3.40. The molecule has 2 aliphatic heterocycles. The molecule has 1 fully saturated rings. The summed E-state index contributed by atoms with van der Waals surface area (Å²) in [6.45, 7) is 0.815. The Labute approximate surface area is 127 Å². The summed E-state index contributed by atoms with van der Waals surface area (Å²) in [5.74, 6) is 1.47. The van der Waals surface area contributed by atoms with Gasteiger partial charge in [-0.2, -0.15) is 0 Å². The number of aliphatic hydroxyl groups is 1. The number of H-pyrrole nitrogens is 1. The summed E-state index contributed by atoms with van der Waals surface area (Å²) in [5.41, 5.74) is 1.64. The SMILES string of the molecule is COc1ccc2[nH+]c3c(cc2c1)[C@@H](O)NC(=O)[C@@H]1CCCN31. The Morgan fingerprint density at radius 3 is 3.09 bits per heavy atom. The average Bonchev–Trinajstić information content (AvgIpc) is 2.99. The second-order valence-corrected chi connectivity index (χ2v) is 5.79. The van der Waals surface area contributed by atoms with Crippen LogP contribution in [0.25, 0.3) is 10.9 Å². The number of fused-ring (bicyclic) bond motifs is 4. The van der Waals surface area contributed by atoms with E-state index in [-0.39, 0.29) is 11.9 Å². The highest BCUT2D eigenvalue weighted by Crippen LogP contribution is 2.33. The van der Waals surface area contributed by atoms with E-state index in [1.54, 1.807) is 7.11 Å². The van der Waals surface area contributed by atoms with Crippen molar-refractivity contribution in [1.82, 2.24) is 5.32 Å². The summed E-state index contributed by atoms with van der Waals surface area (Å²) in [4.78, 5) is 17.7. The van der Waals surface area contributed by atoms with Gasteiger partial charge < -0.3 is 15.2 Å². The van der Waals surface area contributed by atoms with E-state index < -0.39 is 6.23 Å². The maximum Gasteiger partial charge on any atom is 0.283 e. The number of aromatic amines is 1. The van der Waals surface area contributed by atoms with Crippen molar-refractivity contribution in [3.63, 3.8) is 0 Å². The molecule has 0 unspecified atom stereocenters. The molecule has 3 heterocycles. The smallest absolute Gasteiger partial charge is 0.283 e. The Balaban J connectivity index is 1.93. The first-order valence-corrected chi connectivity index (χ1v) is 7.46. The van der Waals surface area contributed by atoms with Crippen LogP contribution in [0.3, 0.4) is 0 Å². The number of carbonyl (C=O) groups is 1. The van der Waals surface area contributed by atoms with E-state index in [2.05, 4.69) is 15.2 Å². The second kappa shape index (κ2) is 4.84. The van der Waals surface area contributed by atoms with Crippen LogP contribution in [0.4, 0.5) is 5.82 Å². The lowest BCUT2D eigenvalue weighted by Gasteiger charge is -2.16. The van der Waals surface area contributed by atoms with Gasteiger partial charge in [0.1, 0.15) is 11.3 Å². The third-order valence-electron chi connectivity index (χ3n) is 4.51.